The molecule has 17 heavy (non-hydrogen) atoms. The molecule has 1 saturated carbocycles. The van der Waals surface area contributed by atoms with E-state index in [0.29, 0.717) is 18.7 Å². The van der Waals surface area contributed by atoms with Gasteiger partial charge in [0.05, 0.1) is 7.11 Å². The van der Waals surface area contributed by atoms with E-state index < -0.39 is 0 Å². The maximum Gasteiger partial charge on any atom is 0.140 e. The fraction of sp³-hybridized carbons (Fsp3) is 0.500. The highest BCUT2D eigenvalue weighted by atomic mass is 16.5. The standard InChI is InChI=1S/C14H19NO2/c1-17-12-5-2-11(3-6-12)4-7-13(16)14(10-15)8-9-14/h2-3,5-6H,4,7-10,15H2,1H3. The lowest BCUT2D eigenvalue weighted by atomic mass is 9.95. The van der Waals surface area contributed by atoms with Crippen LogP contribution >= 0.6 is 0 Å². The lowest BCUT2D eigenvalue weighted by molar-refractivity contribution is -0.123. The van der Waals surface area contributed by atoms with E-state index in [-0.39, 0.29) is 5.41 Å². The normalized spacial score (nSPS) is 16.6. The molecule has 3 heteroatoms. The summed E-state index contributed by atoms with van der Waals surface area (Å²) in [5.41, 5.74) is 6.65. The largest absolute Gasteiger partial charge is 0.497 e. The molecule has 1 aromatic rings. The van der Waals surface area contributed by atoms with Gasteiger partial charge < -0.3 is 10.5 Å². The van der Waals surface area contributed by atoms with E-state index in [2.05, 4.69) is 0 Å². The van der Waals surface area contributed by atoms with E-state index in [4.69, 9.17) is 10.5 Å². The number of hydrogen-bond donors (Lipinski definition) is 1. The molecule has 2 rings (SSSR count). The van der Waals surface area contributed by atoms with Crippen LogP contribution in [0.15, 0.2) is 24.3 Å². The highest BCUT2D eigenvalue weighted by Crippen LogP contribution is 2.46. The number of nitrogens with two attached hydrogens (primary N) is 1. The second kappa shape index (κ2) is 4.88. The second-order valence-electron chi connectivity index (χ2n) is 4.76. The smallest absolute Gasteiger partial charge is 0.140 e. The zero-order valence-corrected chi connectivity index (χ0v) is 10.2. The minimum Gasteiger partial charge on any atom is -0.497 e. The van der Waals surface area contributed by atoms with Gasteiger partial charge in [-0.15, -0.1) is 0 Å². The van der Waals surface area contributed by atoms with Crippen LogP contribution in [0, 0.1) is 5.41 Å². The summed E-state index contributed by atoms with van der Waals surface area (Å²) in [6.07, 6.45) is 3.35. The molecule has 0 aliphatic heterocycles. The van der Waals surface area contributed by atoms with Gasteiger partial charge in [0, 0.05) is 18.4 Å². The van der Waals surface area contributed by atoms with Gasteiger partial charge in [-0.3, -0.25) is 4.79 Å². The number of ether oxygens (including phenoxy) is 1. The van der Waals surface area contributed by atoms with Crippen molar-refractivity contribution in [1.82, 2.24) is 0 Å². The molecule has 2 N–H and O–H groups in total. The topological polar surface area (TPSA) is 52.3 Å². The Morgan fingerprint density at radius 3 is 2.47 bits per heavy atom. The molecule has 3 nitrogen and oxygen atoms in total. The number of carbonyl (C=O) groups excluding carboxylic acids is 1. The van der Waals surface area contributed by atoms with Crippen LogP contribution in [-0.2, 0) is 11.2 Å². The zero-order valence-electron chi connectivity index (χ0n) is 10.2. The van der Waals surface area contributed by atoms with Crippen molar-refractivity contribution < 1.29 is 9.53 Å². The average Bonchev–Trinajstić information content (AvgIpc) is 3.17. The van der Waals surface area contributed by atoms with Gasteiger partial charge in [-0.2, -0.15) is 0 Å². The first kappa shape index (κ1) is 12.1. The first-order valence-electron chi connectivity index (χ1n) is 6.06. The lowest BCUT2D eigenvalue weighted by Crippen LogP contribution is -2.25. The van der Waals surface area contributed by atoms with Crippen LogP contribution in [0.4, 0.5) is 0 Å². The summed E-state index contributed by atoms with van der Waals surface area (Å²) in [5, 5.41) is 0. The summed E-state index contributed by atoms with van der Waals surface area (Å²) in [6.45, 7) is 0.508. The van der Waals surface area contributed by atoms with Crippen LogP contribution in [0.2, 0.25) is 0 Å². The highest BCUT2D eigenvalue weighted by molar-refractivity contribution is 5.87. The van der Waals surface area contributed by atoms with E-state index in [9.17, 15) is 4.79 Å². The number of methoxy groups -OCH3 is 1. The highest BCUT2D eigenvalue weighted by Gasteiger charge is 2.47. The van der Waals surface area contributed by atoms with Crippen molar-refractivity contribution in [3.63, 3.8) is 0 Å². The van der Waals surface area contributed by atoms with E-state index in [1.807, 2.05) is 24.3 Å². The molecule has 0 atom stereocenters. The van der Waals surface area contributed by atoms with Crippen molar-refractivity contribution in [2.45, 2.75) is 25.7 Å². The zero-order chi connectivity index (χ0) is 12.3. The Bertz CT molecular complexity index is 393. The summed E-state index contributed by atoms with van der Waals surface area (Å²) in [4.78, 5) is 12.0. The van der Waals surface area contributed by atoms with Crippen molar-refractivity contribution in [2.24, 2.45) is 11.1 Å². The molecule has 1 aliphatic rings. The monoisotopic (exact) mass is 233 g/mol. The Morgan fingerprint density at radius 1 is 1.35 bits per heavy atom. The van der Waals surface area contributed by atoms with Gasteiger partial charge in [-0.1, -0.05) is 12.1 Å². The van der Waals surface area contributed by atoms with Gasteiger partial charge in [0.1, 0.15) is 11.5 Å². The molecule has 0 spiro atoms. The SMILES string of the molecule is COc1ccc(CCC(=O)C2(CN)CC2)cc1. The minimum atomic E-state index is -0.160. The van der Waals surface area contributed by atoms with Crippen LogP contribution in [0.25, 0.3) is 0 Å². The number of ketones is 1. The Balaban J connectivity index is 1.87. The molecular formula is C14H19NO2. The third-order valence-electron chi connectivity index (χ3n) is 3.64. The number of hydrogen-bond acceptors (Lipinski definition) is 3. The molecule has 0 saturated heterocycles. The molecule has 0 amide bonds. The van der Waals surface area contributed by atoms with Crippen molar-refractivity contribution in [3.8, 4) is 5.75 Å². The number of Topliss-reactive ketones (excluding diaryl/α,β-unsaturated/α-hetero) is 1. The Morgan fingerprint density at radius 2 is 2.00 bits per heavy atom. The molecule has 0 heterocycles. The van der Waals surface area contributed by atoms with Crippen molar-refractivity contribution >= 4 is 5.78 Å². The molecule has 0 bridgehead atoms. The fourth-order valence-corrected chi connectivity index (χ4v) is 2.06. The van der Waals surface area contributed by atoms with Crippen molar-refractivity contribution in [3.05, 3.63) is 29.8 Å². The van der Waals surface area contributed by atoms with E-state index >= 15 is 0 Å². The van der Waals surface area contributed by atoms with Gasteiger partial charge >= 0.3 is 0 Å². The van der Waals surface area contributed by atoms with Crippen LogP contribution in [-0.4, -0.2) is 19.4 Å². The third kappa shape index (κ3) is 2.67. The molecule has 1 aliphatic carbocycles. The number of aryl methyl sites for hydroxylation is 1. The van der Waals surface area contributed by atoms with Crippen molar-refractivity contribution in [2.75, 3.05) is 13.7 Å². The Hall–Kier alpha value is -1.35. The van der Waals surface area contributed by atoms with Gasteiger partial charge in [0.2, 0.25) is 0 Å². The summed E-state index contributed by atoms with van der Waals surface area (Å²) in [5.74, 6) is 1.18. The van der Waals surface area contributed by atoms with Gasteiger partial charge in [-0.05, 0) is 37.0 Å². The number of rotatable bonds is 6. The van der Waals surface area contributed by atoms with E-state index in [1.54, 1.807) is 7.11 Å². The summed E-state index contributed by atoms with van der Waals surface area (Å²) < 4.78 is 5.09. The molecule has 1 aromatic carbocycles. The fourth-order valence-electron chi connectivity index (χ4n) is 2.06. The van der Waals surface area contributed by atoms with Crippen LogP contribution in [0.1, 0.15) is 24.8 Å². The maximum absolute atomic E-state index is 12.0. The summed E-state index contributed by atoms with van der Waals surface area (Å²) in [7, 11) is 1.65. The molecule has 1 fully saturated rings. The lowest BCUT2D eigenvalue weighted by Gasteiger charge is -2.10. The van der Waals surface area contributed by atoms with Gasteiger partial charge in [0.15, 0.2) is 0 Å². The predicted octanol–water partition coefficient (Wildman–Crippen LogP) is 1.94. The number of carbonyl (C=O) groups is 1. The Labute approximate surface area is 102 Å². The minimum absolute atomic E-state index is 0.160. The Kier molecular flexibility index (Phi) is 3.48. The third-order valence-corrected chi connectivity index (χ3v) is 3.64. The summed E-state index contributed by atoms with van der Waals surface area (Å²) >= 11 is 0. The second-order valence-corrected chi connectivity index (χ2v) is 4.76. The van der Waals surface area contributed by atoms with E-state index in [0.717, 1.165) is 25.0 Å². The van der Waals surface area contributed by atoms with Gasteiger partial charge in [-0.25, -0.2) is 0 Å². The quantitative estimate of drug-likeness (QED) is 0.817. The van der Waals surface area contributed by atoms with Crippen LogP contribution in [0.5, 0.6) is 5.75 Å². The van der Waals surface area contributed by atoms with Crippen LogP contribution < -0.4 is 10.5 Å². The molecule has 0 radical (unpaired) electrons. The molecule has 92 valence electrons. The van der Waals surface area contributed by atoms with Crippen LogP contribution in [0.3, 0.4) is 0 Å². The first-order chi connectivity index (χ1) is 8.20. The van der Waals surface area contributed by atoms with Crippen molar-refractivity contribution in [1.29, 1.82) is 0 Å². The molecule has 0 unspecified atom stereocenters. The molecule has 0 aromatic heterocycles. The average molecular weight is 233 g/mol. The molecular weight excluding hydrogens is 214 g/mol. The predicted molar refractivity (Wildman–Crippen MR) is 67.0 cm³/mol. The van der Waals surface area contributed by atoms with Gasteiger partial charge in [0.25, 0.3) is 0 Å². The van der Waals surface area contributed by atoms with E-state index in [1.165, 1.54) is 5.56 Å². The first-order valence-corrected chi connectivity index (χ1v) is 6.06. The number of benzene rings is 1. The summed E-state index contributed by atoms with van der Waals surface area (Å²) in [6, 6.07) is 7.87. The maximum atomic E-state index is 12.0.